The van der Waals surface area contributed by atoms with E-state index in [4.69, 9.17) is 9.47 Å². The van der Waals surface area contributed by atoms with Crippen molar-refractivity contribution in [3.05, 3.63) is 24.3 Å². The van der Waals surface area contributed by atoms with E-state index in [-0.39, 0.29) is 36.2 Å². The number of aliphatic carboxylic acids is 1. The standard InChI is InChI=1S/C9H8O4.Na/c10-9(11)8-5-12-6-3-1-2-4-7(6)13-8;/h1-4,8H,5H2,(H,10,11);/q;+1/p-1. The first-order valence-corrected chi connectivity index (χ1v) is 3.87. The summed E-state index contributed by atoms with van der Waals surface area (Å²) in [5.41, 5.74) is 0. The van der Waals surface area contributed by atoms with Gasteiger partial charge in [0.1, 0.15) is 6.61 Å². The van der Waals surface area contributed by atoms with E-state index in [0.717, 1.165) is 0 Å². The van der Waals surface area contributed by atoms with Gasteiger partial charge in [0.25, 0.3) is 0 Å². The van der Waals surface area contributed by atoms with Gasteiger partial charge >= 0.3 is 29.6 Å². The Balaban J connectivity index is 0.000000980. The summed E-state index contributed by atoms with van der Waals surface area (Å²) in [6.45, 7) is -0.000648. The van der Waals surface area contributed by atoms with E-state index in [1.165, 1.54) is 0 Å². The minimum absolute atomic E-state index is 0. The zero-order valence-corrected chi connectivity index (χ0v) is 9.73. The third kappa shape index (κ3) is 2.20. The molecule has 0 saturated carbocycles. The maximum absolute atomic E-state index is 10.4. The topological polar surface area (TPSA) is 58.6 Å². The predicted octanol–water partition coefficient (Wildman–Crippen LogP) is -3.42. The van der Waals surface area contributed by atoms with E-state index in [0.29, 0.717) is 11.5 Å². The smallest absolute Gasteiger partial charge is 0.546 e. The van der Waals surface area contributed by atoms with Crippen LogP contribution in [0.15, 0.2) is 24.3 Å². The molecule has 4 nitrogen and oxygen atoms in total. The van der Waals surface area contributed by atoms with E-state index in [1.54, 1.807) is 24.3 Å². The molecular weight excluding hydrogens is 195 g/mol. The molecule has 1 aromatic carbocycles. The van der Waals surface area contributed by atoms with Crippen LogP contribution in [0.1, 0.15) is 0 Å². The monoisotopic (exact) mass is 202 g/mol. The zero-order chi connectivity index (χ0) is 9.26. The van der Waals surface area contributed by atoms with E-state index in [2.05, 4.69) is 0 Å². The van der Waals surface area contributed by atoms with Gasteiger partial charge < -0.3 is 19.4 Å². The second-order valence-electron chi connectivity index (χ2n) is 2.68. The van der Waals surface area contributed by atoms with Crippen LogP contribution in [0.4, 0.5) is 0 Å². The third-order valence-electron chi connectivity index (χ3n) is 1.77. The summed E-state index contributed by atoms with van der Waals surface area (Å²) >= 11 is 0. The quantitative estimate of drug-likeness (QED) is 0.445. The van der Waals surface area contributed by atoms with Gasteiger partial charge in [-0.25, -0.2) is 0 Å². The number of rotatable bonds is 1. The van der Waals surface area contributed by atoms with Crippen molar-refractivity contribution in [1.29, 1.82) is 0 Å². The van der Waals surface area contributed by atoms with Crippen LogP contribution >= 0.6 is 0 Å². The van der Waals surface area contributed by atoms with Crippen LogP contribution in [0.2, 0.25) is 0 Å². The normalized spacial score (nSPS) is 18.1. The molecule has 0 bridgehead atoms. The largest absolute Gasteiger partial charge is 1.00 e. The van der Waals surface area contributed by atoms with E-state index in [9.17, 15) is 9.90 Å². The number of hydrogen-bond donors (Lipinski definition) is 0. The summed E-state index contributed by atoms with van der Waals surface area (Å²) in [7, 11) is 0. The molecule has 1 aliphatic heterocycles. The summed E-state index contributed by atoms with van der Waals surface area (Å²) in [4.78, 5) is 10.4. The van der Waals surface area contributed by atoms with E-state index < -0.39 is 12.1 Å². The average molecular weight is 202 g/mol. The van der Waals surface area contributed by atoms with Crippen molar-refractivity contribution in [1.82, 2.24) is 0 Å². The van der Waals surface area contributed by atoms with Crippen molar-refractivity contribution in [3.63, 3.8) is 0 Å². The molecule has 2 rings (SSSR count). The number of fused-ring (bicyclic) bond motifs is 1. The summed E-state index contributed by atoms with van der Waals surface area (Å²) in [5, 5.41) is 10.4. The Kier molecular flexibility index (Phi) is 3.80. The first-order chi connectivity index (χ1) is 6.27. The predicted molar refractivity (Wildman–Crippen MR) is 41.4 cm³/mol. The van der Waals surface area contributed by atoms with Gasteiger partial charge in [0.2, 0.25) is 0 Å². The SMILES string of the molecule is O=C([O-])C1COc2ccccc2O1.[Na+]. The Morgan fingerprint density at radius 2 is 2.00 bits per heavy atom. The summed E-state index contributed by atoms with van der Waals surface area (Å²) < 4.78 is 10.3. The Labute approximate surface area is 103 Å². The molecule has 14 heavy (non-hydrogen) atoms. The molecule has 0 N–H and O–H groups in total. The Hall–Kier alpha value is -0.710. The van der Waals surface area contributed by atoms with Crippen LogP contribution in [0.3, 0.4) is 0 Å². The van der Waals surface area contributed by atoms with Crippen molar-refractivity contribution in [3.8, 4) is 11.5 Å². The number of carbonyl (C=O) groups excluding carboxylic acids is 1. The van der Waals surface area contributed by atoms with Gasteiger partial charge in [-0.2, -0.15) is 0 Å². The molecule has 0 spiro atoms. The van der Waals surface area contributed by atoms with Gasteiger partial charge in [0.15, 0.2) is 17.6 Å². The second-order valence-corrected chi connectivity index (χ2v) is 2.68. The maximum atomic E-state index is 10.4. The van der Waals surface area contributed by atoms with Crippen LogP contribution in [-0.4, -0.2) is 18.7 Å². The van der Waals surface area contributed by atoms with Crippen molar-refractivity contribution >= 4 is 5.97 Å². The number of hydrogen-bond acceptors (Lipinski definition) is 4. The molecule has 5 heteroatoms. The number of para-hydroxylation sites is 2. The average Bonchev–Trinajstić information content (AvgIpc) is 2.17. The van der Waals surface area contributed by atoms with Crippen LogP contribution in [0.5, 0.6) is 11.5 Å². The Morgan fingerprint density at radius 3 is 2.64 bits per heavy atom. The fraction of sp³-hybridized carbons (Fsp3) is 0.222. The molecule has 1 unspecified atom stereocenters. The van der Waals surface area contributed by atoms with Crippen LogP contribution < -0.4 is 44.1 Å². The minimum Gasteiger partial charge on any atom is -0.546 e. The molecule has 0 aliphatic carbocycles. The number of benzene rings is 1. The van der Waals surface area contributed by atoms with Crippen molar-refractivity contribution in [2.45, 2.75) is 6.10 Å². The van der Waals surface area contributed by atoms with Gasteiger partial charge in [-0.05, 0) is 12.1 Å². The second kappa shape index (κ2) is 4.68. The van der Waals surface area contributed by atoms with Gasteiger partial charge in [-0.1, -0.05) is 12.1 Å². The van der Waals surface area contributed by atoms with Crippen molar-refractivity contribution < 1.29 is 48.9 Å². The molecule has 1 heterocycles. The summed E-state index contributed by atoms with van der Waals surface area (Å²) in [6, 6.07) is 6.92. The van der Waals surface area contributed by atoms with Gasteiger partial charge in [0, 0.05) is 0 Å². The van der Waals surface area contributed by atoms with Crippen molar-refractivity contribution in [2.75, 3.05) is 6.61 Å². The first-order valence-electron chi connectivity index (χ1n) is 3.87. The van der Waals surface area contributed by atoms with Crippen LogP contribution in [0.25, 0.3) is 0 Å². The molecule has 0 radical (unpaired) electrons. The Bertz CT molecular complexity index is 339. The van der Waals surface area contributed by atoms with Crippen LogP contribution in [0, 0.1) is 0 Å². The molecule has 68 valence electrons. The molecule has 0 aromatic heterocycles. The van der Waals surface area contributed by atoms with Gasteiger partial charge in [-0.15, -0.1) is 0 Å². The summed E-state index contributed by atoms with van der Waals surface area (Å²) in [6.07, 6.45) is -1.00. The minimum atomic E-state index is -1.26. The zero-order valence-electron chi connectivity index (χ0n) is 7.73. The molecule has 1 atom stereocenters. The van der Waals surface area contributed by atoms with E-state index >= 15 is 0 Å². The third-order valence-corrected chi connectivity index (χ3v) is 1.77. The summed E-state index contributed by atoms with van der Waals surface area (Å²) in [5.74, 6) is -0.238. The number of carboxylic acids is 1. The fourth-order valence-electron chi connectivity index (χ4n) is 1.14. The van der Waals surface area contributed by atoms with E-state index in [1.807, 2.05) is 0 Å². The molecule has 0 amide bonds. The first kappa shape index (κ1) is 11.4. The molecule has 0 fully saturated rings. The fourth-order valence-corrected chi connectivity index (χ4v) is 1.14. The molecule has 1 aliphatic rings. The number of carboxylic acid groups (broad SMARTS) is 1. The molecular formula is C9H7NaO4. The molecule has 0 saturated heterocycles. The Morgan fingerprint density at radius 1 is 1.36 bits per heavy atom. The number of carbonyl (C=O) groups is 1. The van der Waals surface area contributed by atoms with Crippen molar-refractivity contribution in [2.24, 2.45) is 0 Å². The van der Waals surface area contributed by atoms with Gasteiger partial charge in [-0.3, -0.25) is 0 Å². The van der Waals surface area contributed by atoms with Gasteiger partial charge in [0.05, 0.1) is 5.97 Å². The maximum Gasteiger partial charge on any atom is 1.00 e. The molecule has 1 aromatic rings. The number of ether oxygens (including phenoxy) is 2. The van der Waals surface area contributed by atoms with Crippen LogP contribution in [-0.2, 0) is 4.79 Å².